The van der Waals surface area contributed by atoms with E-state index in [0.717, 1.165) is 5.69 Å². The maximum absolute atomic E-state index is 13.8. The van der Waals surface area contributed by atoms with Gasteiger partial charge in [-0.1, -0.05) is 18.2 Å². The zero-order chi connectivity index (χ0) is 16.5. The second kappa shape index (κ2) is 6.14. The summed E-state index contributed by atoms with van der Waals surface area (Å²) in [5, 5.41) is 12.3. The Kier molecular flexibility index (Phi) is 3.83. The first-order valence-corrected chi connectivity index (χ1v) is 7.66. The van der Waals surface area contributed by atoms with Gasteiger partial charge in [0.05, 0.1) is 12.9 Å². The van der Waals surface area contributed by atoms with Gasteiger partial charge in [0.15, 0.2) is 17.0 Å². The van der Waals surface area contributed by atoms with Crippen molar-refractivity contribution in [3.63, 3.8) is 0 Å². The number of anilines is 2. The van der Waals surface area contributed by atoms with Gasteiger partial charge in [0, 0.05) is 12.1 Å². The summed E-state index contributed by atoms with van der Waals surface area (Å²) in [5.41, 5.74) is 2.01. The van der Waals surface area contributed by atoms with Gasteiger partial charge < -0.3 is 15.2 Å². The number of hydrogen-bond donors (Lipinski definition) is 2. The van der Waals surface area contributed by atoms with E-state index >= 15 is 0 Å². The van der Waals surface area contributed by atoms with Crippen LogP contribution in [0.15, 0.2) is 43.0 Å². The lowest BCUT2D eigenvalue weighted by molar-refractivity contribution is -0.0323. The molecule has 2 aromatic heterocycles. The topological polar surface area (TPSA) is 85.1 Å². The number of rotatable bonds is 4. The van der Waals surface area contributed by atoms with E-state index in [0.29, 0.717) is 17.0 Å². The van der Waals surface area contributed by atoms with Crippen molar-refractivity contribution in [2.24, 2.45) is 0 Å². The van der Waals surface area contributed by atoms with Gasteiger partial charge in [-0.25, -0.2) is 19.3 Å². The molecule has 0 spiro atoms. The normalized spacial score (nSPS) is 23.7. The maximum Gasteiger partial charge on any atom is 0.167 e. The minimum absolute atomic E-state index is 0.155. The number of aliphatic hydroxyl groups excluding tert-OH is 1. The van der Waals surface area contributed by atoms with Crippen molar-refractivity contribution in [1.82, 2.24) is 19.5 Å². The molecule has 4 rings (SSSR count). The molecule has 2 N–H and O–H groups in total. The monoisotopic (exact) mass is 329 g/mol. The van der Waals surface area contributed by atoms with E-state index < -0.39 is 18.5 Å². The standard InChI is InChI=1S/C16H16FN5O2/c17-11-6-13(24-12(11)7-23)22-9-20-14-15(18-8-19-16(14)22)21-10-4-2-1-3-5-10/h1-5,8-9,11-13,23H,6-7H2,(H,18,19,21)/t11-,12+,13+/m0/s1. The van der Waals surface area contributed by atoms with Crippen LogP contribution in [0.5, 0.6) is 0 Å². The summed E-state index contributed by atoms with van der Waals surface area (Å²) in [6, 6.07) is 9.61. The molecular weight excluding hydrogens is 313 g/mol. The predicted molar refractivity (Wildman–Crippen MR) is 85.6 cm³/mol. The quantitative estimate of drug-likeness (QED) is 0.763. The Balaban J connectivity index is 1.67. The van der Waals surface area contributed by atoms with Crippen LogP contribution in [0.3, 0.4) is 0 Å². The molecule has 1 aliphatic rings. The molecule has 3 atom stereocenters. The van der Waals surface area contributed by atoms with E-state index in [-0.39, 0.29) is 13.0 Å². The van der Waals surface area contributed by atoms with E-state index in [1.807, 2.05) is 30.3 Å². The first-order chi connectivity index (χ1) is 11.8. The number of aliphatic hydroxyl groups is 1. The largest absolute Gasteiger partial charge is 0.394 e. The van der Waals surface area contributed by atoms with Crippen molar-refractivity contribution in [3.05, 3.63) is 43.0 Å². The number of aromatic nitrogens is 4. The van der Waals surface area contributed by atoms with E-state index in [9.17, 15) is 4.39 Å². The molecule has 1 aromatic carbocycles. The molecule has 1 saturated heterocycles. The van der Waals surface area contributed by atoms with Gasteiger partial charge in [0.1, 0.15) is 24.8 Å². The molecule has 24 heavy (non-hydrogen) atoms. The molecular formula is C16H16FN5O2. The fourth-order valence-electron chi connectivity index (χ4n) is 2.84. The van der Waals surface area contributed by atoms with Gasteiger partial charge in [0.25, 0.3) is 0 Å². The van der Waals surface area contributed by atoms with Crippen molar-refractivity contribution >= 4 is 22.7 Å². The Labute approximate surface area is 137 Å². The molecule has 0 amide bonds. The highest BCUT2D eigenvalue weighted by atomic mass is 19.1. The maximum atomic E-state index is 13.8. The smallest absolute Gasteiger partial charge is 0.167 e. The molecule has 0 aliphatic carbocycles. The molecule has 1 aliphatic heterocycles. The van der Waals surface area contributed by atoms with Crippen LogP contribution < -0.4 is 5.32 Å². The highest BCUT2D eigenvalue weighted by Crippen LogP contribution is 2.33. The van der Waals surface area contributed by atoms with Crippen molar-refractivity contribution in [2.45, 2.75) is 24.9 Å². The van der Waals surface area contributed by atoms with E-state index in [4.69, 9.17) is 9.84 Å². The van der Waals surface area contributed by atoms with E-state index in [1.54, 1.807) is 10.9 Å². The zero-order valence-electron chi connectivity index (χ0n) is 12.7. The summed E-state index contributed by atoms with van der Waals surface area (Å²) >= 11 is 0. The molecule has 3 aromatic rings. The second-order valence-electron chi connectivity index (χ2n) is 5.60. The van der Waals surface area contributed by atoms with Crippen molar-refractivity contribution in [1.29, 1.82) is 0 Å². The molecule has 0 saturated carbocycles. The Morgan fingerprint density at radius 2 is 2.08 bits per heavy atom. The number of hydrogen-bond acceptors (Lipinski definition) is 6. The molecule has 3 heterocycles. The van der Waals surface area contributed by atoms with E-state index in [2.05, 4.69) is 20.3 Å². The summed E-state index contributed by atoms with van der Waals surface area (Å²) in [7, 11) is 0. The molecule has 0 bridgehead atoms. The molecule has 1 fully saturated rings. The molecule has 7 nitrogen and oxygen atoms in total. The number of nitrogens with one attached hydrogen (secondary N) is 1. The number of alkyl halides is 1. The van der Waals surface area contributed by atoms with Gasteiger partial charge in [-0.3, -0.25) is 4.57 Å². The third-order valence-corrected chi connectivity index (χ3v) is 4.05. The average Bonchev–Trinajstić information content (AvgIpc) is 3.19. The van der Waals surface area contributed by atoms with Gasteiger partial charge in [-0.05, 0) is 12.1 Å². The van der Waals surface area contributed by atoms with Crippen LogP contribution in [0.25, 0.3) is 11.2 Å². The van der Waals surface area contributed by atoms with Gasteiger partial charge in [-0.2, -0.15) is 0 Å². The highest BCUT2D eigenvalue weighted by molar-refractivity contribution is 5.85. The number of ether oxygens (including phenoxy) is 1. The summed E-state index contributed by atoms with van der Waals surface area (Å²) in [5.74, 6) is 0.568. The Morgan fingerprint density at radius 3 is 2.83 bits per heavy atom. The number of nitrogens with zero attached hydrogens (tertiary/aromatic N) is 4. The molecule has 8 heteroatoms. The number of para-hydroxylation sites is 1. The van der Waals surface area contributed by atoms with Crippen molar-refractivity contribution < 1.29 is 14.2 Å². The third-order valence-electron chi connectivity index (χ3n) is 4.05. The minimum Gasteiger partial charge on any atom is -0.394 e. The first-order valence-electron chi connectivity index (χ1n) is 7.66. The fraction of sp³-hybridized carbons (Fsp3) is 0.312. The minimum atomic E-state index is -1.21. The molecule has 0 unspecified atom stereocenters. The number of fused-ring (bicyclic) bond motifs is 1. The lowest BCUT2D eigenvalue weighted by atomic mass is 10.2. The van der Waals surface area contributed by atoms with Gasteiger partial charge >= 0.3 is 0 Å². The Bertz CT molecular complexity index is 841. The molecule has 0 radical (unpaired) electrons. The highest BCUT2D eigenvalue weighted by Gasteiger charge is 2.36. The van der Waals surface area contributed by atoms with Crippen LogP contribution >= 0.6 is 0 Å². The Hall–Kier alpha value is -2.58. The summed E-state index contributed by atoms with van der Waals surface area (Å²) in [6.45, 7) is -0.347. The summed E-state index contributed by atoms with van der Waals surface area (Å²) in [6.07, 6.45) is 0.588. The SMILES string of the molecule is OC[C@H]1O[C@@H](n2cnc3c(Nc4ccccc4)ncnc32)C[C@@H]1F. The van der Waals surface area contributed by atoms with Crippen molar-refractivity contribution in [2.75, 3.05) is 11.9 Å². The lowest BCUT2D eigenvalue weighted by Gasteiger charge is -2.13. The van der Waals surface area contributed by atoms with Crippen molar-refractivity contribution in [3.8, 4) is 0 Å². The van der Waals surface area contributed by atoms with Gasteiger partial charge in [-0.15, -0.1) is 0 Å². The second-order valence-corrected chi connectivity index (χ2v) is 5.60. The summed E-state index contributed by atoms with van der Waals surface area (Å²) < 4.78 is 21.1. The van der Waals surface area contributed by atoms with Crippen LogP contribution in [0, 0.1) is 0 Å². The van der Waals surface area contributed by atoms with Crippen LogP contribution in [-0.2, 0) is 4.74 Å². The average molecular weight is 329 g/mol. The van der Waals surface area contributed by atoms with E-state index in [1.165, 1.54) is 6.33 Å². The number of imidazole rings is 1. The fourth-order valence-corrected chi connectivity index (χ4v) is 2.84. The number of halogens is 1. The van der Waals surface area contributed by atoms with Crippen LogP contribution in [0.1, 0.15) is 12.6 Å². The van der Waals surface area contributed by atoms with Gasteiger partial charge in [0.2, 0.25) is 0 Å². The van der Waals surface area contributed by atoms with Crippen LogP contribution in [0.4, 0.5) is 15.9 Å². The third kappa shape index (κ3) is 2.59. The molecule has 124 valence electrons. The zero-order valence-corrected chi connectivity index (χ0v) is 12.7. The summed E-state index contributed by atoms with van der Waals surface area (Å²) in [4.78, 5) is 12.8. The lowest BCUT2D eigenvalue weighted by Crippen LogP contribution is -2.21. The van der Waals surface area contributed by atoms with Crippen LogP contribution in [-0.4, -0.2) is 43.5 Å². The predicted octanol–water partition coefficient (Wildman–Crippen LogP) is 2.19. The van der Waals surface area contributed by atoms with Crippen LogP contribution in [0.2, 0.25) is 0 Å². The first kappa shape index (κ1) is 15.0. The number of benzene rings is 1. The Morgan fingerprint density at radius 1 is 1.25 bits per heavy atom.